The van der Waals surface area contributed by atoms with Gasteiger partial charge in [-0.15, -0.1) is 0 Å². The van der Waals surface area contributed by atoms with E-state index in [0.717, 1.165) is 17.7 Å². The van der Waals surface area contributed by atoms with Gasteiger partial charge in [0.25, 0.3) is 5.91 Å². The highest BCUT2D eigenvalue weighted by Gasteiger charge is 2.08. The number of carbonyl (C=O) groups excluding carboxylic acids is 1. The van der Waals surface area contributed by atoms with Crippen molar-refractivity contribution in [2.75, 3.05) is 11.9 Å². The Morgan fingerprint density at radius 2 is 1.95 bits per heavy atom. The molecule has 0 radical (unpaired) electrons. The molecule has 0 bridgehead atoms. The minimum absolute atomic E-state index is 0.0686. The zero-order valence-electron chi connectivity index (χ0n) is 11.1. The van der Waals surface area contributed by atoms with Crippen LogP contribution in [-0.4, -0.2) is 12.5 Å². The van der Waals surface area contributed by atoms with Crippen molar-refractivity contribution >= 4 is 23.2 Å². The number of carbonyl (C=O) groups is 1. The molecule has 2 aromatic rings. The summed E-state index contributed by atoms with van der Waals surface area (Å²) in [5, 5.41) is 2.98. The number of halogens is 3. The second-order valence-corrected chi connectivity index (χ2v) is 4.80. The lowest BCUT2D eigenvalue weighted by atomic mass is 10.2. The average Bonchev–Trinajstić information content (AvgIpc) is 2.43. The first-order chi connectivity index (χ1) is 9.95. The average molecular weight is 312 g/mol. The number of amides is 1. The van der Waals surface area contributed by atoms with Crippen LogP contribution in [0.15, 0.2) is 36.4 Å². The highest BCUT2D eigenvalue weighted by Crippen LogP contribution is 2.22. The van der Waals surface area contributed by atoms with Crippen molar-refractivity contribution in [2.45, 2.75) is 6.92 Å². The van der Waals surface area contributed by atoms with E-state index in [1.807, 2.05) is 6.92 Å². The van der Waals surface area contributed by atoms with Crippen molar-refractivity contribution in [3.8, 4) is 5.75 Å². The molecule has 0 aliphatic rings. The minimum atomic E-state index is -1.03. The summed E-state index contributed by atoms with van der Waals surface area (Å²) in [6.07, 6.45) is 0. The third-order valence-electron chi connectivity index (χ3n) is 2.66. The number of rotatable bonds is 4. The van der Waals surface area contributed by atoms with Crippen LogP contribution in [0.5, 0.6) is 5.75 Å². The molecule has 21 heavy (non-hydrogen) atoms. The number of benzene rings is 2. The minimum Gasteiger partial charge on any atom is -0.484 e. The Bertz CT molecular complexity index is 677. The van der Waals surface area contributed by atoms with Crippen molar-refractivity contribution in [1.29, 1.82) is 0 Å². The van der Waals surface area contributed by atoms with E-state index in [4.69, 9.17) is 16.3 Å². The maximum absolute atomic E-state index is 13.0. The van der Waals surface area contributed by atoms with Crippen LogP contribution in [0.2, 0.25) is 5.02 Å². The van der Waals surface area contributed by atoms with Crippen molar-refractivity contribution in [3.63, 3.8) is 0 Å². The first-order valence-corrected chi connectivity index (χ1v) is 6.47. The van der Waals surface area contributed by atoms with Crippen LogP contribution in [0.3, 0.4) is 0 Å². The summed E-state index contributed by atoms with van der Waals surface area (Å²) in [4.78, 5) is 11.7. The summed E-state index contributed by atoms with van der Waals surface area (Å²) >= 11 is 5.98. The molecule has 6 heteroatoms. The number of hydrogen-bond acceptors (Lipinski definition) is 2. The Kier molecular flexibility index (Phi) is 4.75. The third-order valence-corrected chi connectivity index (χ3v) is 2.97. The molecule has 0 saturated carbocycles. The van der Waals surface area contributed by atoms with Gasteiger partial charge in [0.2, 0.25) is 0 Å². The third kappa shape index (κ3) is 4.16. The van der Waals surface area contributed by atoms with Crippen LogP contribution in [-0.2, 0) is 4.79 Å². The fourth-order valence-corrected chi connectivity index (χ4v) is 1.91. The molecule has 2 aromatic carbocycles. The molecule has 0 aromatic heterocycles. The smallest absolute Gasteiger partial charge is 0.262 e. The molecule has 2 rings (SSSR count). The SMILES string of the molecule is Cc1ccc(NC(=O)COc2ccc(F)c(F)c2)c(Cl)c1. The number of aryl methyl sites for hydroxylation is 1. The van der Waals surface area contributed by atoms with E-state index in [0.29, 0.717) is 10.7 Å². The molecule has 1 amide bonds. The highest BCUT2D eigenvalue weighted by atomic mass is 35.5. The second-order valence-electron chi connectivity index (χ2n) is 4.40. The van der Waals surface area contributed by atoms with Gasteiger partial charge in [0.1, 0.15) is 5.75 Å². The number of hydrogen-bond donors (Lipinski definition) is 1. The van der Waals surface area contributed by atoms with Crippen molar-refractivity contribution in [3.05, 3.63) is 58.6 Å². The van der Waals surface area contributed by atoms with E-state index in [2.05, 4.69) is 5.32 Å². The van der Waals surface area contributed by atoms with Gasteiger partial charge in [-0.2, -0.15) is 0 Å². The maximum atomic E-state index is 13.0. The van der Waals surface area contributed by atoms with Crippen LogP contribution in [0, 0.1) is 18.6 Å². The summed E-state index contributed by atoms with van der Waals surface area (Å²) in [7, 11) is 0. The van der Waals surface area contributed by atoms with Gasteiger partial charge in [0.15, 0.2) is 18.2 Å². The van der Waals surface area contributed by atoms with Gasteiger partial charge >= 0.3 is 0 Å². The predicted molar refractivity (Wildman–Crippen MR) is 76.7 cm³/mol. The Balaban J connectivity index is 1.94. The van der Waals surface area contributed by atoms with Gasteiger partial charge in [-0.1, -0.05) is 17.7 Å². The quantitative estimate of drug-likeness (QED) is 0.928. The monoisotopic (exact) mass is 311 g/mol. The fourth-order valence-electron chi connectivity index (χ4n) is 1.62. The Morgan fingerprint density at radius 3 is 2.62 bits per heavy atom. The normalized spacial score (nSPS) is 10.3. The molecule has 0 fully saturated rings. The Labute approximate surface area is 125 Å². The zero-order chi connectivity index (χ0) is 15.4. The molecule has 0 spiro atoms. The van der Waals surface area contributed by atoms with E-state index >= 15 is 0 Å². The number of ether oxygens (including phenoxy) is 1. The van der Waals surface area contributed by atoms with E-state index in [-0.39, 0.29) is 12.4 Å². The summed E-state index contributed by atoms with van der Waals surface area (Å²) in [5.41, 5.74) is 1.43. The van der Waals surface area contributed by atoms with Crippen LogP contribution in [0.25, 0.3) is 0 Å². The molecule has 0 unspecified atom stereocenters. The maximum Gasteiger partial charge on any atom is 0.262 e. The lowest BCUT2D eigenvalue weighted by molar-refractivity contribution is -0.118. The van der Waals surface area contributed by atoms with E-state index < -0.39 is 17.5 Å². The molecule has 0 atom stereocenters. The first kappa shape index (κ1) is 15.3. The summed E-state index contributed by atoms with van der Waals surface area (Å²) < 4.78 is 30.8. The van der Waals surface area contributed by atoms with Crippen LogP contribution >= 0.6 is 11.6 Å². The lowest BCUT2D eigenvalue weighted by Crippen LogP contribution is -2.20. The number of nitrogens with one attached hydrogen (secondary N) is 1. The Morgan fingerprint density at radius 1 is 1.19 bits per heavy atom. The summed E-state index contributed by atoms with van der Waals surface area (Å²) in [5.74, 6) is -2.39. The van der Waals surface area contributed by atoms with E-state index in [1.54, 1.807) is 18.2 Å². The molecule has 110 valence electrons. The molecule has 3 nitrogen and oxygen atoms in total. The lowest BCUT2D eigenvalue weighted by Gasteiger charge is -2.09. The summed E-state index contributed by atoms with van der Waals surface area (Å²) in [6, 6.07) is 8.24. The molecule has 0 aliphatic carbocycles. The topological polar surface area (TPSA) is 38.3 Å². The van der Waals surface area contributed by atoms with Crippen LogP contribution in [0.4, 0.5) is 14.5 Å². The van der Waals surface area contributed by atoms with Gasteiger partial charge < -0.3 is 10.1 Å². The van der Waals surface area contributed by atoms with Gasteiger partial charge in [0.05, 0.1) is 10.7 Å². The number of anilines is 1. The van der Waals surface area contributed by atoms with E-state index in [1.165, 1.54) is 6.07 Å². The van der Waals surface area contributed by atoms with Gasteiger partial charge in [0, 0.05) is 6.07 Å². The largest absolute Gasteiger partial charge is 0.484 e. The molecular weight excluding hydrogens is 300 g/mol. The van der Waals surface area contributed by atoms with E-state index in [9.17, 15) is 13.6 Å². The first-order valence-electron chi connectivity index (χ1n) is 6.09. The van der Waals surface area contributed by atoms with Crippen molar-refractivity contribution in [1.82, 2.24) is 0 Å². The molecule has 0 saturated heterocycles. The van der Waals surface area contributed by atoms with Crippen molar-refractivity contribution in [2.24, 2.45) is 0 Å². The highest BCUT2D eigenvalue weighted by molar-refractivity contribution is 6.33. The molecule has 0 heterocycles. The molecular formula is C15H12ClF2NO2. The summed E-state index contributed by atoms with van der Waals surface area (Å²) in [6.45, 7) is 1.54. The molecule has 0 aliphatic heterocycles. The van der Waals surface area contributed by atoms with Crippen LogP contribution < -0.4 is 10.1 Å². The zero-order valence-corrected chi connectivity index (χ0v) is 11.9. The van der Waals surface area contributed by atoms with Gasteiger partial charge in [-0.05, 0) is 36.8 Å². The standard InChI is InChI=1S/C15H12ClF2NO2/c1-9-2-5-14(11(16)6-9)19-15(20)8-21-10-3-4-12(17)13(18)7-10/h2-7H,8H2,1H3,(H,19,20). The fraction of sp³-hybridized carbons (Fsp3) is 0.133. The van der Waals surface area contributed by atoms with Gasteiger partial charge in [-0.3, -0.25) is 4.79 Å². The second kappa shape index (κ2) is 6.54. The van der Waals surface area contributed by atoms with Gasteiger partial charge in [-0.25, -0.2) is 8.78 Å². The Hall–Kier alpha value is -2.14. The predicted octanol–water partition coefficient (Wildman–Crippen LogP) is 3.94. The van der Waals surface area contributed by atoms with Crippen molar-refractivity contribution < 1.29 is 18.3 Å². The van der Waals surface area contributed by atoms with Crippen LogP contribution in [0.1, 0.15) is 5.56 Å². The molecule has 1 N–H and O–H groups in total.